The van der Waals surface area contributed by atoms with Crippen molar-refractivity contribution in [2.24, 2.45) is 5.14 Å². The molecule has 208 valence electrons. The fourth-order valence-electron chi connectivity index (χ4n) is 5.44. The molecule has 3 N–H and O–H groups in total. The maximum Gasteiger partial charge on any atom is 0.277 e. The molecule has 40 heavy (non-hydrogen) atoms. The molecule has 1 aromatic carbocycles. The Labute approximate surface area is 236 Å². The zero-order valence-electron chi connectivity index (χ0n) is 21.5. The summed E-state index contributed by atoms with van der Waals surface area (Å²) in [6, 6.07) is 9.73. The summed E-state index contributed by atoms with van der Waals surface area (Å²) in [6.45, 7) is 3.87. The van der Waals surface area contributed by atoms with Crippen LogP contribution in [0.4, 0.5) is 10.1 Å². The predicted octanol–water partition coefficient (Wildman–Crippen LogP) is 3.54. The zero-order valence-corrected chi connectivity index (χ0v) is 23.1. The summed E-state index contributed by atoms with van der Waals surface area (Å²) in [5, 5.41) is 13.9. The van der Waals surface area contributed by atoms with E-state index in [0.29, 0.717) is 29.9 Å². The minimum atomic E-state index is -4.02. The number of rotatable bonds is 6. The van der Waals surface area contributed by atoms with Crippen LogP contribution in [-0.2, 0) is 10.2 Å². The molecule has 0 aliphatic carbocycles. The van der Waals surface area contributed by atoms with E-state index in [0.717, 1.165) is 41.7 Å². The Morgan fingerprint density at radius 3 is 2.52 bits per heavy atom. The molecule has 0 bridgehead atoms. The van der Waals surface area contributed by atoms with Crippen LogP contribution in [0.3, 0.4) is 0 Å². The van der Waals surface area contributed by atoms with Crippen molar-refractivity contribution in [3.8, 4) is 28.2 Å². The summed E-state index contributed by atoms with van der Waals surface area (Å²) in [5.74, 6) is 0.00103. The maximum atomic E-state index is 16.3. The van der Waals surface area contributed by atoms with E-state index in [-0.39, 0.29) is 22.7 Å². The summed E-state index contributed by atoms with van der Waals surface area (Å²) in [6.07, 6.45) is 7.81. The number of benzene rings is 1. The molecule has 6 rings (SSSR count). The molecule has 0 amide bonds. The van der Waals surface area contributed by atoms with E-state index in [9.17, 15) is 8.42 Å². The number of nitrogens with zero attached hydrogens (tertiary/aromatic N) is 6. The topological polar surface area (TPSA) is 122 Å². The lowest BCUT2D eigenvalue weighted by Crippen LogP contribution is -2.43. The van der Waals surface area contributed by atoms with E-state index in [1.54, 1.807) is 35.4 Å². The Balaban J connectivity index is 1.45. The highest BCUT2D eigenvalue weighted by Gasteiger charge is 2.36. The van der Waals surface area contributed by atoms with Gasteiger partial charge < -0.3 is 10.2 Å². The number of anilines is 1. The third-order valence-corrected chi connectivity index (χ3v) is 8.67. The lowest BCUT2D eigenvalue weighted by atomic mass is 9.96. The number of hydrogen-bond donors (Lipinski definition) is 2. The zero-order chi connectivity index (χ0) is 27.9. The molecule has 2 aliphatic heterocycles. The van der Waals surface area contributed by atoms with Gasteiger partial charge in [-0.25, -0.2) is 19.2 Å². The number of halogens is 2. The minimum absolute atomic E-state index is 0.181. The second-order valence-electron chi connectivity index (χ2n) is 9.85. The minimum Gasteiger partial charge on any atom is -0.368 e. The van der Waals surface area contributed by atoms with Crippen molar-refractivity contribution < 1.29 is 12.8 Å². The van der Waals surface area contributed by atoms with Crippen molar-refractivity contribution in [1.82, 2.24) is 29.4 Å². The van der Waals surface area contributed by atoms with E-state index < -0.39 is 22.1 Å². The quantitative estimate of drug-likeness (QED) is 0.356. The average molecular weight is 583 g/mol. The average Bonchev–Trinajstić information content (AvgIpc) is 3.64. The summed E-state index contributed by atoms with van der Waals surface area (Å²) >= 11 is 6.50. The normalized spacial score (nSPS) is 18.4. The smallest absolute Gasteiger partial charge is 0.277 e. The lowest BCUT2D eigenvalue weighted by Gasteiger charge is -2.29. The molecular formula is C27H28ClFN8O2S. The molecular weight excluding hydrogens is 555 g/mol. The van der Waals surface area contributed by atoms with Crippen LogP contribution in [0, 0.1) is 5.82 Å². The van der Waals surface area contributed by atoms with Crippen molar-refractivity contribution in [3.63, 3.8) is 0 Å². The van der Waals surface area contributed by atoms with E-state index >= 15 is 4.39 Å². The van der Waals surface area contributed by atoms with Gasteiger partial charge in [0.15, 0.2) is 5.82 Å². The number of nitrogens with one attached hydrogen (secondary N) is 1. The van der Waals surface area contributed by atoms with Crippen LogP contribution in [0.15, 0.2) is 61.2 Å². The van der Waals surface area contributed by atoms with Crippen molar-refractivity contribution in [1.29, 1.82) is 0 Å². The fourth-order valence-corrected chi connectivity index (χ4v) is 6.62. The third-order valence-electron chi connectivity index (χ3n) is 7.36. The van der Waals surface area contributed by atoms with Crippen LogP contribution < -0.4 is 15.4 Å². The first-order valence-electron chi connectivity index (χ1n) is 13.0. The molecule has 0 radical (unpaired) electrons. The molecule has 5 heterocycles. The number of pyridine rings is 2. The summed E-state index contributed by atoms with van der Waals surface area (Å²) < 4.78 is 43.5. The molecule has 2 saturated heterocycles. The standard InChI is InChI=1S/C27H28ClFN8O2S/c28-19-14-21(26(29)22(15-19)24-2-1-11-37(24)40(30,38)39)23-17-36(34-27(23)18-5-7-31-8-6-18)25-4-3-20(16-33-25)35-12-9-32-10-13-35/h3-8,14-17,24,32H,1-2,9-13H2,(H2,30,38,39). The van der Waals surface area contributed by atoms with Gasteiger partial charge in [0.25, 0.3) is 10.2 Å². The predicted molar refractivity (Wildman–Crippen MR) is 152 cm³/mol. The van der Waals surface area contributed by atoms with E-state index in [4.69, 9.17) is 21.8 Å². The molecule has 3 aromatic heterocycles. The second kappa shape index (κ2) is 10.9. The van der Waals surface area contributed by atoms with Crippen LogP contribution in [0.5, 0.6) is 0 Å². The molecule has 2 aliphatic rings. The van der Waals surface area contributed by atoms with Crippen molar-refractivity contribution in [2.45, 2.75) is 18.9 Å². The largest absolute Gasteiger partial charge is 0.368 e. The number of nitrogens with two attached hydrogens (primary N) is 1. The molecule has 2 fully saturated rings. The van der Waals surface area contributed by atoms with Crippen LogP contribution >= 0.6 is 11.6 Å². The highest BCUT2D eigenvalue weighted by atomic mass is 35.5. The van der Waals surface area contributed by atoms with Gasteiger partial charge in [0, 0.05) is 78.6 Å². The molecule has 0 saturated carbocycles. The van der Waals surface area contributed by atoms with E-state index in [2.05, 4.69) is 20.2 Å². The van der Waals surface area contributed by atoms with Crippen LogP contribution in [-0.4, -0.2) is 65.2 Å². The van der Waals surface area contributed by atoms with E-state index in [1.165, 1.54) is 12.1 Å². The van der Waals surface area contributed by atoms with Gasteiger partial charge in [0.1, 0.15) is 11.5 Å². The maximum absolute atomic E-state index is 16.3. The highest BCUT2D eigenvalue weighted by Crippen LogP contribution is 2.41. The van der Waals surface area contributed by atoms with Crippen LogP contribution in [0.25, 0.3) is 28.2 Å². The summed E-state index contributed by atoms with van der Waals surface area (Å²) in [4.78, 5) is 11.0. The first kappa shape index (κ1) is 26.8. The van der Waals surface area contributed by atoms with Crippen molar-refractivity contribution in [3.05, 3.63) is 77.6 Å². The van der Waals surface area contributed by atoms with Crippen molar-refractivity contribution >= 4 is 27.5 Å². The van der Waals surface area contributed by atoms with E-state index in [1.807, 2.05) is 18.3 Å². The second-order valence-corrected chi connectivity index (χ2v) is 11.8. The Morgan fingerprint density at radius 2 is 1.82 bits per heavy atom. The molecule has 4 aromatic rings. The van der Waals surface area contributed by atoms with Gasteiger partial charge in [-0.3, -0.25) is 4.98 Å². The van der Waals surface area contributed by atoms with Crippen molar-refractivity contribution in [2.75, 3.05) is 37.6 Å². The number of piperazine rings is 1. The monoisotopic (exact) mass is 582 g/mol. The molecule has 0 spiro atoms. The Morgan fingerprint density at radius 1 is 1.05 bits per heavy atom. The molecule has 13 heteroatoms. The van der Waals surface area contributed by atoms with Gasteiger partial charge in [-0.15, -0.1) is 0 Å². The lowest BCUT2D eigenvalue weighted by molar-refractivity contribution is 0.387. The first-order valence-corrected chi connectivity index (χ1v) is 14.9. The Kier molecular flexibility index (Phi) is 7.27. The van der Waals surface area contributed by atoms with Gasteiger partial charge in [0.2, 0.25) is 0 Å². The summed E-state index contributed by atoms with van der Waals surface area (Å²) in [5.41, 5.74) is 3.14. The SMILES string of the molecule is NS(=O)(=O)N1CCCC1c1cc(Cl)cc(-c2cn(-c3ccc(N4CCNCC4)cn3)nc2-c2ccncc2)c1F. The first-order chi connectivity index (χ1) is 19.3. The van der Waals surface area contributed by atoms with Gasteiger partial charge in [0.05, 0.1) is 17.9 Å². The Bertz CT molecular complexity index is 1630. The molecule has 1 unspecified atom stereocenters. The van der Waals surface area contributed by atoms with Gasteiger partial charge in [-0.1, -0.05) is 11.6 Å². The Hall–Kier alpha value is -3.42. The molecule has 10 nitrogen and oxygen atoms in total. The number of hydrogen-bond acceptors (Lipinski definition) is 7. The third kappa shape index (κ3) is 5.20. The molecule has 1 atom stereocenters. The van der Waals surface area contributed by atoms with Crippen LogP contribution in [0.1, 0.15) is 24.4 Å². The highest BCUT2D eigenvalue weighted by molar-refractivity contribution is 7.86. The summed E-state index contributed by atoms with van der Waals surface area (Å²) in [7, 11) is -4.02. The van der Waals surface area contributed by atoms with Crippen LogP contribution in [0.2, 0.25) is 5.02 Å². The fraction of sp³-hybridized carbons (Fsp3) is 0.296. The van der Waals surface area contributed by atoms with Gasteiger partial charge in [-0.2, -0.15) is 17.8 Å². The number of aromatic nitrogens is 4. The van der Waals surface area contributed by atoms with Gasteiger partial charge in [-0.05, 0) is 49.2 Å². The van der Waals surface area contributed by atoms with Gasteiger partial charge >= 0.3 is 0 Å².